The molecule has 1 saturated carbocycles. The molecule has 0 spiro atoms. The van der Waals surface area contributed by atoms with E-state index in [1.54, 1.807) is 7.11 Å². The van der Waals surface area contributed by atoms with Gasteiger partial charge in [-0.2, -0.15) is 0 Å². The number of hydrogen-bond donors (Lipinski definition) is 3. The molecule has 2 fully saturated rings. The van der Waals surface area contributed by atoms with Crippen molar-refractivity contribution in [2.75, 3.05) is 26.9 Å². The predicted octanol–water partition coefficient (Wildman–Crippen LogP) is 0.735. The first-order valence-electron chi connectivity index (χ1n) is 7.45. The number of hydrogen-bond acceptors (Lipinski definition) is 4. The van der Waals surface area contributed by atoms with Crippen molar-refractivity contribution in [3.63, 3.8) is 0 Å². The van der Waals surface area contributed by atoms with E-state index in [4.69, 9.17) is 14.6 Å². The molecule has 2 amide bonds. The number of carbonyl (C=O) groups excluding carboxylic acids is 1. The van der Waals surface area contributed by atoms with Crippen molar-refractivity contribution in [2.24, 2.45) is 5.92 Å². The van der Waals surface area contributed by atoms with Crippen LogP contribution in [0.1, 0.15) is 32.1 Å². The molecule has 0 aromatic rings. The Morgan fingerprint density at radius 1 is 1.33 bits per heavy atom. The average Bonchev–Trinajstić information content (AvgIpc) is 2.95. The van der Waals surface area contributed by atoms with Gasteiger partial charge in [-0.3, -0.25) is 4.79 Å². The van der Waals surface area contributed by atoms with Gasteiger partial charge in [-0.05, 0) is 25.7 Å². The highest BCUT2D eigenvalue weighted by Gasteiger charge is 2.35. The van der Waals surface area contributed by atoms with Gasteiger partial charge in [0.1, 0.15) is 5.60 Å². The van der Waals surface area contributed by atoms with Gasteiger partial charge < -0.3 is 25.2 Å². The number of carbonyl (C=O) groups is 2. The summed E-state index contributed by atoms with van der Waals surface area (Å²) in [4.78, 5) is 22.8. The number of rotatable bonds is 5. The average molecular weight is 300 g/mol. The fourth-order valence-electron chi connectivity index (χ4n) is 2.92. The van der Waals surface area contributed by atoms with Gasteiger partial charge in [0.25, 0.3) is 0 Å². The van der Waals surface area contributed by atoms with Crippen LogP contribution < -0.4 is 10.6 Å². The van der Waals surface area contributed by atoms with Crippen molar-refractivity contribution in [1.29, 1.82) is 0 Å². The number of methoxy groups -OCH3 is 1. The SMILES string of the molecule is COC1(CNC(=O)NC2CCC(C(=O)O)CC2)CCOC1. The molecule has 7 heteroatoms. The number of aliphatic carboxylic acids is 1. The topological polar surface area (TPSA) is 96.9 Å². The summed E-state index contributed by atoms with van der Waals surface area (Å²) in [6, 6.07) is -0.170. The Hall–Kier alpha value is -1.34. The van der Waals surface area contributed by atoms with Gasteiger partial charge in [-0.1, -0.05) is 0 Å². The zero-order chi connectivity index (χ0) is 15.3. The van der Waals surface area contributed by atoms with Crippen molar-refractivity contribution < 1.29 is 24.2 Å². The molecule has 0 bridgehead atoms. The number of urea groups is 1. The van der Waals surface area contributed by atoms with Gasteiger partial charge in [0, 0.05) is 26.2 Å². The van der Waals surface area contributed by atoms with Gasteiger partial charge in [0.2, 0.25) is 0 Å². The van der Waals surface area contributed by atoms with E-state index in [1.165, 1.54) is 0 Å². The van der Waals surface area contributed by atoms with Crippen LogP contribution in [0.25, 0.3) is 0 Å². The van der Waals surface area contributed by atoms with Crippen LogP contribution in [0.15, 0.2) is 0 Å². The minimum absolute atomic E-state index is 0.0546. The molecule has 1 saturated heterocycles. The lowest BCUT2D eigenvalue weighted by Crippen LogP contribution is -2.50. The van der Waals surface area contributed by atoms with Gasteiger partial charge in [0.15, 0.2) is 0 Å². The highest BCUT2D eigenvalue weighted by molar-refractivity contribution is 5.74. The third kappa shape index (κ3) is 4.31. The molecule has 2 rings (SSSR count). The Bertz CT molecular complexity index is 374. The van der Waals surface area contributed by atoms with E-state index in [0.29, 0.717) is 45.4 Å². The maximum absolute atomic E-state index is 11.9. The molecule has 0 radical (unpaired) electrons. The molecule has 3 N–H and O–H groups in total. The summed E-state index contributed by atoms with van der Waals surface area (Å²) < 4.78 is 10.8. The Morgan fingerprint density at radius 2 is 2.05 bits per heavy atom. The Morgan fingerprint density at radius 3 is 2.57 bits per heavy atom. The first-order valence-corrected chi connectivity index (χ1v) is 7.45. The third-order valence-corrected chi connectivity index (χ3v) is 4.48. The second-order valence-corrected chi connectivity index (χ2v) is 5.90. The van der Waals surface area contributed by atoms with Crippen molar-refractivity contribution in [3.8, 4) is 0 Å². The number of carboxylic acids is 1. The predicted molar refractivity (Wildman–Crippen MR) is 75.1 cm³/mol. The molecule has 1 heterocycles. The van der Waals surface area contributed by atoms with Crippen molar-refractivity contribution in [1.82, 2.24) is 10.6 Å². The number of carboxylic acid groups (broad SMARTS) is 1. The largest absolute Gasteiger partial charge is 0.481 e. The number of ether oxygens (including phenoxy) is 2. The van der Waals surface area contributed by atoms with Gasteiger partial charge in [0.05, 0.1) is 19.1 Å². The normalized spacial score (nSPS) is 32.6. The summed E-state index contributed by atoms with van der Waals surface area (Å²) in [7, 11) is 1.63. The van der Waals surface area contributed by atoms with Gasteiger partial charge >= 0.3 is 12.0 Å². The lowest BCUT2D eigenvalue weighted by atomic mass is 9.86. The maximum Gasteiger partial charge on any atom is 0.315 e. The summed E-state index contributed by atoms with van der Waals surface area (Å²) in [5.41, 5.74) is -0.418. The highest BCUT2D eigenvalue weighted by atomic mass is 16.5. The fraction of sp³-hybridized carbons (Fsp3) is 0.857. The van der Waals surface area contributed by atoms with E-state index in [2.05, 4.69) is 10.6 Å². The zero-order valence-corrected chi connectivity index (χ0v) is 12.4. The number of nitrogens with one attached hydrogen (secondary N) is 2. The lowest BCUT2D eigenvalue weighted by Gasteiger charge is -2.29. The molecule has 2 aliphatic rings. The van der Waals surface area contributed by atoms with E-state index in [-0.39, 0.29) is 18.0 Å². The molecule has 1 atom stereocenters. The van der Waals surface area contributed by atoms with Crippen LogP contribution >= 0.6 is 0 Å². The van der Waals surface area contributed by atoms with Crippen LogP contribution in [0.3, 0.4) is 0 Å². The summed E-state index contributed by atoms with van der Waals surface area (Å²) in [5.74, 6) is -1.00. The molecule has 0 aromatic carbocycles. The first-order chi connectivity index (χ1) is 10.0. The molecule has 0 aromatic heterocycles. The van der Waals surface area contributed by atoms with Crippen LogP contribution in [0.5, 0.6) is 0 Å². The smallest absolute Gasteiger partial charge is 0.315 e. The van der Waals surface area contributed by atoms with Gasteiger partial charge in [-0.25, -0.2) is 4.79 Å². The molecule has 21 heavy (non-hydrogen) atoms. The second-order valence-electron chi connectivity index (χ2n) is 5.90. The molecule has 7 nitrogen and oxygen atoms in total. The van der Waals surface area contributed by atoms with Crippen molar-refractivity contribution >= 4 is 12.0 Å². The van der Waals surface area contributed by atoms with Crippen LogP contribution in [0.4, 0.5) is 4.79 Å². The molecule has 1 aliphatic carbocycles. The minimum atomic E-state index is -0.735. The molecular weight excluding hydrogens is 276 g/mol. The highest BCUT2D eigenvalue weighted by Crippen LogP contribution is 2.24. The van der Waals surface area contributed by atoms with E-state index < -0.39 is 11.6 Å². The Labute approximate surface area is 124 Å². The fourth-order valence-corrected chi connectivity index (χ4v) is 2.92. The molecule has 120 valence electrons. The van der Waals surface area contributed by atoms with Crippen molar-refractivity contribution in [3.05, 3.63) is 0 Å². The standard InChI is InChI=1S/C14H24N2O5/c1-20-14(6-7-21-9-14)8-15-13(19)16-11-4-2-10(3-5-11)12(17)18/h10-11H,2-9H2,1H3,(H,17,18)(H2,15,16,19). The summed E-state index contributed by atoms with van der Waals surface area (Å²) in [6.07, 6.45) is 3.44. The van der Waals surface area contributed by atoms with Crippen LogP contribution in [-0.4, -0.2) is 55.6 Å². The maximum atomic E-state index is 11.9. The zero-order valence-electron chi connectivity index (χ0n) is 12.4. The monoisotopic (exact) mass is 300 g/mol. The van der Waals surface area contributed by atoms with E-state index in [9.17, 15) is 9.59 Å². The van der Waals surface area contributed by atoms with E-state index >= 15 is 0 Å². The van der Waals surface area contributed by atoms with Gasteiger partial charge in [-0.15, -0.1) is 0 Å². The van der Waals surface area contributed by atoms with E-state index in [1.807, 2.05) is 0 Å². The molecule has 1 aliphatic heterocycles. The lowest BCUT2D eigenvalue weighted by molar-refractivity contribution is -0.142. The Balaban J connectivity index is 1.69. The van der Waals surface area contributed by atoms with E-state index in [0.717, 1.165) is 6.42 Å². The second kappa shape index (κ2) is 7.09. The number of amides is 2. The third-order valence-electron chi connectivity index (χ3n) is 4.48. The molecule has 1 unspecified atom stereocenters. The summed E-state index contributed by atoms with van der Waals surface area (Å²) in [5, 5.41) is 14.7. The quantitative estimate of drug-likeness (QED) is 0.695. The summed E-state index contributed by atoms with van der Waals surface area (Å²) in [6.45, 7) is 1.56. The van der Waals surface area contributed by atoms with Crippen molar-refractivity contribution in [2.45, 2.75) is 43.7 Å². The summed E-state index contributed by atoms with van der Waals surface area (Å²) >= 11 is 0. The van der Waals surface area contributed by atoms with Crippen LogP contribution in [0, 0.1) is 5.92 Å². The minimum Gasteiger partial charge on any atom is -0.481 e. The first kappa shape index (κ1) is 16.0. The van der Waals surface area contributed by atoms with Crippen LogP contribution in [0.2, 0.25) is 0 Å². The van der Waals surface area contributed by atoms with Crippen LogP contribution in [-0.2, 0) is 14.3 Å². The molecular formula is C14H24N2O5. The Kier molecular flexibility index (Phi) is 5.41.